The summed E-state index contributed by atoms with van der Waals surface area (Å²) < 4.78 is 5.64. The normalized spacial score (nSPS) is 11.1. The molecule has 0 aromatic heterocycles. The van der Waals surface area contributed by atoms with E-state index in [0.717, 1.165) is 22.4 Å². The van der Waals surface area contributed by atoms with Gasteiger partial charge < -0.3 is 4.74 Å². The van der Waals surface area contributed by atoms with Crippen LogP contribution in [0.4, 0.5) is 5.69 Å². The maximum absolute atomic E-state index is 12.7. The fourth-order valence-corrected chi connectivity index (χ4v) is 3.62. The number of rotatable bonds is 7. The first-order chi connectivity index (χ1) is 15.7. The van der Waals surface area contributed by atoms with Crippen molar-refractivity contribution in [2.75, 3.05) is 0 Å². The zero-order chi connectivity index (χ0) is 22.2. The van der Waals surface area contributed by atoms with Crippen molar-refractivity contribution in [3.05, 3.63) is 131 Å². The van der Waals surface area contributed by atoms with E-state index in [1.165, 1.54) is 5.56 Å². The molecule has 0 aliphatic rings. The first-order valence-corrected chi connectivity index (χ1v) is 10.7. The third kappa shape index (κ3) is 5.79. The molecule has 0 radical (unpaired) electrons. The molecule has 0 spiro atoms. The van der Waals surface area contributed by atoms with Crippen molar-refractivity contribution in [3.8, 4) is 5.75 Å². The molecule has 0 bridgehead atoms. The monoisotopic (exact) mass is 419 g/mol. The number of ether oxygens (including phenoxy) is 1. The van der Waals surface area contributed by atoms with Crippen LogP contribution in [0.25, 0.3) is 0 Å². The fourth-order valence-electron chi connectivity index (χ4n) is 3.62. The Hall–Kier alpha value is -3.98. The van der Waals surface area contributed by atoms with Crippen LogP contribution in [-0.4, -0.2) is 12.2 Å². The smallest absolute Gasteiger partial charge is 0.312 e. The molecule has 0 amide bonds. The van der Waals surface area contributed by atoms with Crippen molar-refractivity contribution < 1.29 is 9.53 Å². The summed E-state index contributed by atoms with van der Waals surface area (Å²) in [6.45, 7) is 2.04. The summed E-state index contributed by atoms with van der Waals surface area (Å²) in [6, 6.07) is 35.6. The predicted octanol–water partition coefficient (Wildman–Crippen LogP) is 6.87. The molecule has 3 heteroatoms. The summed E-state index contributed by atoms with van der Waals surface area (Å²) in [5, 5.41) is 0. The van der Waals surface area contributed by atoms with E-state index in [0.29, 0.717) is 5.75 Å². The summed E-state index contributed by atoms with van der Waals surface area (Å²) in [6.07, 6.45) is 2.08. The number of nitrogens with zero attached hydrogens (tertiary/aromatic N) is 1. The van der Waals surface area contributed by atoms with Gasteiger partial charge in [0.1, 0.15) is 5.75 Å². The molecule has 0 atom stereocenters. The SMILES string of the molecule is Cc1cccc(N=Cc2ccc(OC(=O)CC(c3ccccc3)c3ccccc3)cc2)c1. The van der Waals surface area contributed by atoms with Crippen LogP contribution in [0.3, 0.4) is 0 Å². The quantitative estimate of drug-likeness (QED) is 0.186. The molecule has 0 heterocycles. The van der Waals surface area contributed by atoms with E-state index in [1.807, 2.05) is 104 Å². The molecule has 0 aliphatic carbocycles. The molecule has 0 N–H and O–H groups in total. The van der Waals surface area contributed by atoms with Crippen LogP contribution in [0, 0.1) is 6.92 Å². The molecular weight excluding hydrogens is 394 g/mol. The van der Waals surface area contributed by atoms with Crippen molar-refractivity contribution in [1.82, 2.24) is 0 Å². The topological polar surface area (TPSA) is 38.7 Å². The highest BCUT2D eigenvalue weighted by Gasteiger charge is 2.19. The highest BCUT2D eigenvalue weighted by atomic mass is 16.5. The third-order valence-electron chi connectivity index (χ3n) is 5.25. The van der Waals surface area contributed by atoms with Crippen molar-refractivity contribution in [1.29, 1.82) is 0 Å². The van der Waals surface area contributed by atoms with Gasteiger partial charge in [-0.15, -0.1) is 0 Å². The second kappa shape index (κ2) is 10.4. The zero-order valence-electron chi connectivity index (χ0n) is 18.0. The van der Waals surface area contributed by atoms with Gasteiger partial charge in [-0.2, -0.15) is 0 Å². The largest absolute Gasteiger partial charge is 0.427 e. The Morgan fingerprint density at radius 2 is 1.44 bits per heavy atom. The molecule has 4 aromatic carbocycles. The molecule has 4 rings (SSSR count). The van der Waals surface area contributed by atoms with E-state index in [2.05, 4.69) is 4.99 Å². The van der Waals surface area contributed by atoms with Gasteiger partial charge in [-0.1, -0.05) is 72.8 Å². The lowest BCUT2D eigenvalue weighted by atomic mass is 9.89. The van der Waals surface area contributed by atoms with E-state index in [-0.39, 0.29) is 18.3 Å². The maximum Gasteiger partial charge on any atom is 0.312 e. The van der Waals surface area contributed by atoms with Gasteiger partial charge >= 0.3 is 5.97 Å². The Morgan fingerprint density at radius 3 is 2.03 bits per heavy atom. The van der Waals surface area contributed by atoms with Gasteiger partial charge in [0.25, 0.3) is 0 Å². The minimum absolute atomic E-state index is 0.0503. The van der Waals surface area contributed by atoms with Crippen molar-refractivity contribution in [2.24, 2.45) is 4.99 Å². The van der Waals surface area contributed by atoms with Gasteiger partial charge in [-0.05, 0) is 65.6 Å². The lowest BCUT2D eigenvalue weighted by Crippen LogP contribution is -2.14. The van der Waals surface area contributed by atoms with Crippen LogP contribution >= 0.6 is 0 Å². The number of hydrogen-bond donors (Lipinski definition) is 0. The van der Waals surface area contributed by atoms with Gasteiger partial charge in [-0.25, -0.2) is 0 Å². The molecule has 32 heavy (non-hydrogen) atoms. The molecular formula is C29H25NO2. The summed E-state index contributed by atoms with van der Waals surface area (Å²) in [7, 11) is 0. The van der Waals surface area contributed by atoms with Crippen molar-refractivity contribution in [3.63, 3.8) is 0 Å². The Morgan fingerprint density at radius 1 is 0.812 bits per heavy atom. The Bertz CT molecular complexity index is 1140. The molecule has 4 aromatic rings. The van der Waals surface area contributed by atoms with Gasteiger partial charge in [-0.3, -0.25) is 9.79 Å². The molecule has 0 fully saturated rings. The van der Waals surface area contributed by atoms with E-state index < -0.39 is 0 Å². The van der Waals surface area contributed by atoms with Crippen LogP contribution < -0.4 is 4.74 Å². The summed E-state index contributed by atoms with van der Waals surface area (Å²) in [5.74, 6) is 0.220. The number of carbonyl (C=O) groups is 1. The number of hydrogen-bond acceptors (Lipinski definition) is 3. The average Bonchev–Trinajstić information content (AvgIpc) is 2.83. The summed E-state index contributed by atoms with van der Waals surface area (Å²) in [4.78, 5) is 17.3. The first-order valence-electron chi connectivity index (χ1n) is 10.7. The second-order valence-electron chi connectivity index (χ2n) is 7.72. The average molecular weight is 420 g/mol. The van der Waals surface area contributed by atoms with E-state index in [4.69, 9.17) is 4.74 Å². The van der Waals surface area contributed by atoms with Gasteiger partial charge in [0.15, 0.2) is 0 Å². The number of aliphatic imine (C=N–C) groups is 1. The first kappa shape index (κ1) is 21.3. The minimum atomic E-state index is -0.260. The third-order valence-corrected chi connectivity index (χ3v) is 5.25. The van der Waals surface area contributed by atoms with Crippen LogP contribution in [0.2, 0.25) is 0 Å². The number of benzene rings is 4. The molecule has 158 valence electrons. The molecule has 0 saturated heterocycles. The van der Waals surface area contributed by atoms with Gasteiger partial charge in [0, 0.05) is 12.1 Å². The second-order valence-corrected chi connectivity index (χ2v) is 7.72. The Labute approximate surface area is 189 Å². The Kier molecular flexibility index (Phi) is 6.88. The molecule has 3 nitrogen and oxygen atoms in total. The van der Waals surface area contributed by atoms with E-state index in [1.54, 1.807) is 18.3 Å². The van der Waals surface area contributed by atoms with E-state index >= 15 is 0 Å². The highest BCUT2D eigenvalue weighted by Crippen LogP contribution is 2.28. The molecule has 0 saturated carbocycles. The van der Waals surface area contributed by atoms with Crippen LogP contribution in [0.15, 0.2) is 114 Å². The lowest BCUT2D eigenvalue weighted by molar-refractivity contribution is -0.134. The van der Waals surface area contributed by atoms with Gasteiger partial charge in [0.2, 0.25) is 0 Å². The van der Waals surface area contributed by atoms with Crippen LogP contribution in [-0.2, 0) is 4.79 Å². The standard InChI is InChI=1S/C29H25NO2/c1-22-9-8-14-26(19-22)30-21-23-15-17-27(18-16-23)32-29(31)20-28(24-10-4-2-5-11-24)25-12-6-3-7-13-25/h2-19,21,28H,20H2,1H3. The number of esters is 1. The lowest BCUT2D eigenvalue weighted by Gasteiger charge is -2.17. The van der Waals surface area contributed by atoms with Crippen LogP contribution in [0.1, 0.15) is 34.6 Å². The van der Waals surface area contributed by atoms with E-state index in [9.17, 15) is 4.79 Å². The highest BCUT2D eigenvalue weighted by molar-refractivity contribution is 5.82. The molecule has 0 aliphatic heterocycles. The summed E-state index contributed by atoms with van der Waals surface area (Å²) >= 11 is 0. The fraction of sp³-hybridized carbons (Fsp3) is 0.103. The van der Waals surface area contributed by atoms with Gasteiger partial charge in [0.05, 0.1) is 12.1 Å². The van der Waals surface area contributed by atoms with Crippen molar-refractivity contribution in [2.45, 2.75) is 19.3 Å². The number of aryl methyl sites for hydroxylation is 1. The Balaban J connectivity index is 1.42. The van der Waals surface area contributed by atoms with Crippen molar-refractivity contribution >= 4 is 17.9 Å². The maximum atomic E-state index is 12.7. The zero-order valence-corrected chi connectivity index (χ0v) is 18.0. The summed E-state index contributed by atoms with van der Waals surface area (Å²) in [5.41, 5.74) is 5.22. The minimum Gasteiger partial charge on any atom is -0.427 e. The molecule has 0 unspecified atom stereocenters. The predicted molar refractivity (Wildman–Crippen MR) is 130 cm³/mol. The van der Waals surface area contributed by atoms with Crippen LogP contribution in [0.5, 0.6) is 5.75 Å². The number of carbonyl (C=O) groups excluding carboxylic acids is 1.